The normalized spacial score (nSPS) is 12.9. The second-order valence-corrected chi connectivity index (χ2v) is 6.08. The van der Waals surface area contributed by atoms with Gasteiger partial charge in [-0.1, -0.05) is 6.92 Å². The van der Waals surface area contributed by atoms with E-state index in [2.05, 4.69) is 10.0 Å². The summed E-state index contributed by atoms with van der Waals surface area (Å²) in [5.41, 5.74) is 0.0842. The lowest BCUT2D eigenvalue weighted by molar-refractivity contribution is -0.384. The minimum Gasteiger partial charge on any atom is -0.384 e. The van der Waals surface area contributed by atoms with Crippen molar-refractivity contribution in [3.63, 3.8) is 0 Å². The Balaban J connectivity index is 3.26. The highest BCUT2D eigenvalue weighted by atomic mass is 32.2. The average Bonchev–Trinajstić information content (AvgIpc) is 2.38. The first-order valence-electron chi connectivity index (χ1n) is 6.36. The van der Waals surface area contributed by atoms with Gasteiger partial charge in [-0.05, 0) is 26.3 Å². The SMILES string of the molecule is CCNc1cc([N+](=O)[O-])ccc1S(=O)(=O)NC(C)CC. The molecule has 0 bridgehead atoms. The maximum atomic E-state index is 12.3. The highest BCUT2D eigenvalue weighted by molar-refractivity contribution is 7.89. The van der Waals surface area contributed by atoms with Gasteiger partial charge in [0.2, 0.25) is 10.0 Å². The molecule has 0 spiro atoms. The highest BCUT2D eigenvalue weighted by Gasteiger charge is 2.22. The Morgan fingerprint density at radius 1 is 1.35 bits per heavy atom. The molecular formula is C12H19N3O4S. The topological polar surface area (TPSA) is 101 Å². The van der Waals surface area contributed by atoms with E-state index in [1.807, 2.05) is 6.92 Å². The first-order valence-corrected chi connectivity index (χ1v) is 7.84. The van der Waals surface area contributed by atoms with Crippen LogP contribution in [0, 0.1) is 10.1 Å². The monoisotopic (exact) mass is 301 g/mol. The third kappa shape index (κ3) is 3.91. The van der Waals surface area contributed by atoms with Crippen molar-refractivity contribution < 1.29 is 13.3 Å². The van der Waals surface area contributed by atoms with Crippen molar-refractivity contribution in [3.8, 4) is 0 Å². The number of hydrogen-bond donors (Lipinski definition) is 2. The summed E-state index contributed by atoms with van der Waals surface area (Å²) in [4.78, 5) is 10.2. The summed E-state index contributed by atoms with van der Waals surface area (Å²) in [5, 5.41) is 13.6. The number of non-ortho nitro benzene ring substituents is 1. The fourth-order valence-electron chi connectivity index (χ4n) is 1.61. The van der Waals surface area contributed by atoms with Crippen LogP contribution >= 0.6 is 0 Å². The van der Waals surface area contributed by atoms with Crippen LogP contribution in [0.15, 0.2) is 23.1 Å². The van der Waals surface area contributed by atoms with Crippen molar-refractivity contribution in [2.75, 3.05) is 11.9 Å². The van der Waals surface area contributed by atoms with Crippen LogP contribution in [0.25, 0.3) is 0 Å². The van der Waals surface area contributed by atoms with Crippen molar-refractivity contribution in [1.29, 1.82) is 0 Å². The lowest BCUT2D eigenvalue weighted by Crippen LogP contribution is -2.32. The molecule has 0 saturated carbocycles. The molecule has 0 saturated heterocycles. The second-order valence-electron chi connectivity index (χ2n) is 4.40. The van der Waals surface area contributed by atoms with Crippen molar-refractivity contribution in [1.82, 2.24) is 4.72 Å². The van der Waals surface area contributed by atoms with E-state index in [-0.39, 0.29) is 22.3 Å². The van der Waals surface area contributed by atoms with E-state index in [4.69, 9.17) is 0 Å². The molecule has 1 aromatic carbocycles. The standard InChI is InChI=1S/C12H19N3O4S/c1-4-9(3)14-20(18,19)12-7-6-10(15(16)17)8-11(12)13-5-2/h6-9,13-14H,4-5H2,1-3H3. The molecule has 1 aromatic rings. The van der Waals surface area contributed by atoms with Crippen LogP contribution in [0.2, 0.25) is 0 Å². The van der Waals surface area contributed by atoms with Crippen LogP contribution < -0.4 is 10.0 Å². The summed E-state index contributed by atoms with van der Waals surface area (Å²) in [6.45, 7) is 5.88. The van der Waals surface area contributed by atoms with Gasteiger partial charge in [-0.15, -0.1) is 0 Å². The molecule has 1 atom stereocenters. The summed E-state index contributed by atoms with van der Waals surface area (Å²) >= 11 is 0. The molecule has 8 heteroatoms. The number of anilines is 1. The Labute approximate surface area is 118 Å². The number of nitrogens with zero attached hydrogens (tertiary/aromatic N) is 1. The minimum absolute atomic E-state index is 0.0188. The fourth-order valence-corrected chi connectivity index (χ4v) is 3.10. The quantitative estimate of drug-likeness (QED) is 0.593. The number of nitro groups is 1. The zero-order chi connectivity index (χ0) is 15.3. The number of rotatable bonds is 7. The Kier molecular flexibility index (Phi) is 5.46. The van der Waals surface area contributed by atoms with Gasteiger partial charge in [-0.25, -0.2) is 13.1 Å². The molecule has 0 radical (unpaired) electrons. The lowest BCUT2D eigenvalue weighted by Gasteiger charge is -2.15. The van der Waals surface area contributed by atoms with Gasteiger partial charge in [0.1, 0.15) is 4.90 Å². The van der Waals surface area contributed by atoms with E-state index in [0.717, 1.165) is 0 Å². The van der Waals surface area contributed by atoms with Crippen molar-refractivity contribution in [3.05, 3.63) is 28.3 Å². The summed E-state index contributed by atoms with van der Waals surface area (Å²) in [7, 11) is -3.70. The minimum atomic E-state index is -3.70. The number of hydrogen-bond acceptors (Lipinski definition) is 5. The first-order chi connectivity index (χ1) is 9.31. The van der Waals surface area contributed by atoms with E-state index in [9.17, 15) is 18.5 Å². The average molecular weight is 301 g/mol. The molecule has 0 fully saturated rings. The predicted molar refractivity (Wildman–Crippen MR) is 77.3 cm³/mol. The zero-order valence-corrected chi connectivity index (χ0v) is 12.5. The number of benzene rings is 1. The van der Waals surface area contributed by atoms with Gasteiger partial charge >= 0.3 is 0 Å². The van der Waals surface area contributed by atoms with Gasteiger partial charge < -0.3 is 5.32 Å². The van der Waals surface area contributed by atoms with E-state index < -0.39 is 14.9 Å². The number of sulfonamides is 1. The molecular weight excluding hydrogens is 282 g/mol. The number of nitrogens with one attached hydrogen (secondary N) is 2. The highest BCUT2D eigenvalue weighted by Crippen LogP contribution is 2.26. The first kappa shape index (κ1) is 16.4. The van der Waals surface area contributed by atoms with Gasteiger partial charge in [-0.2, -0.15) is 0 Å². The molecule has 0 amide bonds. The molecule has 1 rings (SSSR count). The molecule has 0 aliphatic heterocycles. The second kappa shape index (κ2) is 6.67. The van der Waals surface area contributed by atoms with Crippen LogP contribution in [-0.4, -0.2) is 25.9 Å². The maximum absolute atomic E-state index is 12.3. The summed E-state index contributed by atoms with van der Waals surface area (Å²) < 4.78 is 27.0. The molecule has 0 aromatic heterocycles. The fraction of sp³-hybridized carbons (Fsp3) is 0.500. The van der Waals surface area contributed by atoms with Gasteiger partial charge in [-0.3, -0.25) is 10.1 Å². The van der Waals surface area contributed by atoms with Crippen molar-refractivity contribution in [2.45, 2.75) is 38.1 Å². The Morgan fingerprint density at radius 2 is 2.00 bits per heavy atom. The van der Waals surface area contributed by atoms with Crippen LogP contribution in [0.3, 0.4) is 0 Å². The molecule has 20 heavy (non-hydrogen) atoms. The third-order valence-corrected chi connectivity index (χ3v) is 4.45. The zero-order valence-electron chi connectivity index (χ0n) is 11.7. The van der Waals surface area contributed by atoms with E-state index >= 15 is 0 Å². The predicted octanol–water partition coefficient (Wildman–Crippen LogP) is 2.10. The largest absolute Gasteiger partial charge is 0.384 e. The maximum Gasteiger partial charge on any atom is 0.271 e. The van der Waals surface area contributed by atoms with Crippen LogP contribution in [0.1, 0.15) is 27.2 Å². The van der Waals surface area contributed by atoms with Gasteiger partial charge in [0.15, 0.2) is 0 Å². The summed E-state index contributed by atoms with van der Waals surface area (Å²) in [6.07, 6.45) is 0.656. The summed E-state index contributed by atoms with van der Waals surface area (Å²) in [5.74, 6) is 0. The third-order valence-electron chi connectivity index (χ3n) is 2.80. The molecule has 1 unspecified atom stereocenters. The molecule has 0 aliphatic rings. The Morgan fingerprint density at radius 3 is 2.50 bits per heavy atom. The van der Waals surface area contributed by atoms with Gasteiger partial charge in [0, 0.05) is 24.7 Å². The molecule has 7 nitrogen and oxygen atoms in total. The van der Waals surface area contributed by atoms with Gasteiger partial charge in [0.25, 0.3) is 5.69 Å². The van der Waals surface area contributed by atoms with Crippen LogP contribution in [0.5, 0.6) is 0 Å². The molecule has 2 N–H and O–H groups in total. The van der Waals surface area contributed by atoms with E-state index in [1.165, 1.54) is 18.2 Å². The van der Waals surface area contributed by atoms with Gasteiger partial charge in [0.05, 0.1) is 10.6 Å². The smallest absolute Gasteiger partial charge is 0.271 e. The van der Waals surface area contributed by atoms with E-state index in [0.29, 0.717) is 13.0 Å². The van der Waals surface area contributed by atoms with Crippen molar-refractivity contribution >= 4 is 21.4 Å². The van der Waals surface area contributed by atoms with Crippen molar-refractivity contribution in [2.24, 2.45) is 0 Å². The van der Waals surface area contributed by atoms with Crippen LogP contribution in [0.4, 0.5) is 11.4 Å². The Bertz CT molecular complexity index is 586. The summed E-state index contributed by atoms with van der Waals surface area (Å²) in [6, 6.07) is 3.46. The molecule has 0 heterocycles. The van der Waals surface area contributed by atoms with E-state index in [1.54, 1.807) is 13.8 Å². The molecule has 112 valence electrons. The molecule has 0 aliphatic carbocycles. The van der Waals surface area contributed by atoms with Crippen LogP contribution in [-0.2, 0) is 10.0 Å². The Hall–Kier alpha value is -1.67. The number of nitro benzene ring substituents is 1. The lowest BCUT2D eigenvalue weighted by atomic mass is 10.3.